The van der Waals surface area contributed by atoms with Crippen molar-refractivity contribution in [3.63, 3.8) is 0 Å². The normalized spacial score (nSPS) is 32.7. The van der Waals surface area contributed by atoms with Crippen LogP contribution in [0.15, 0.2) is 18.3 Å². The Morgan fingerprint density at radius 2 is 2.23 bits per heavy atom. The van der Waals surface area contributed by atoms with Gasteiger partial charge in [-0.25, -0.2) is 4.98 Å². The van der Waals surface area contributed by atoms with Gasteiger partial charge in [-0.1, -0.05) is 17.7 Å². The number of nitrogens with zero attached hydrogens (tertiary/aromatic N) is 1. The molecule has 1 saturated carbocycles. The summed E-state index contributed by atoms with van der Waals surface area (Å²) in [5.41, 5.74) is 6.58. The second-order valence-electron chi connectivity index (χ2n) is 3.59. The van der Waals surface area contributed by atoms with Gasteiger partial charge in [-0.2, -0.15) is 0 Å². The van der Waals surface area contributed by atoms with Gasteiger partial charge in [-0.05, 0) is 24.5 Å². The molecule has 1 aliphatic carbocycles. The summed E-state index contributed by atoms with van der Waals surface area (Å²) in [6, 6.07) is 3.58. The van der Waals surface area contributed by atoms with E-state index >= 15 is 0 Å². The van der Waals surface area contributed by atoms with E-state index in [4.69, 9.17) is 17.3 Å². The van der Waals surface area contributed by atoms with Crippen molar-refractivity contribution >= 4 is 11.6 Å². The fourth-order valence-corrected chi connectivity index (χ4v) is 1.80. The molecule has 1 fully saturated rings. The number of aromatic nitrogens is 1. The third-order valence-electron chi connectivity index (χ3n) is 2.50. The highest BCUT2D eigenvalue weighted by molar-refractivity contribution is 6.29. The van der Waals surface area contributed by atoms with Crippen LogP contribution in [0, 0.1) is 0 Å². The molecule has 0 saturated heterocycles. The van der Waals surface area contributed by atoms with Crippen molar-refractivity contribution in [1.29, 1.82) is 0 Å². The van der Waals surface area contributed by atoms with Crippen LogP contribution in [0.1, 0.15) is 18.4 Å². The predicted molar refractivity (Wildman–Crippen MR) is 50.4 cm³/mol. The number of rotatable bonds is 1. The number of hydrogen-bond donors (Lipinski definition) is 2. The molecule has 1 aromatic heterocycles. The van der Waals surface area contributed by atoms with Crippen LogP contribution >= 0.6 is 11.6 Å². The lowest BCUT2D eigenvalue weighted by Gasteiger charge is -2.42. The number of pyridine rings is 1. The zero-order valence-corrected chi connectivity index (χ0v) is 7.83. The van der Waals surface area contributed by atoms with Gasteiger partial charge >= 0.3 is 0 Å². The topological polar surface area (TPSA) is 59.1 Å². The van der Waals surface area contributed by atoms with Crippen molar-refractivity contribution in [2.75, 3.05) is 0 Å². The van der Waals surface area contributed by atoms with Crippen LogP contribution in [0.4, 0.5) is 0 Å². The highest BCUT2D eigenvalue weighted by Crippen LogP contribution is 2.38. The van der Waals surface area contributed by atoms with E-state index in [0.717, 1.165) is 5.56 Å². The second kappa shape index (κ2) is 2.94. The largest absolute Gasteiger partial charge is 0.393 e. The molecule has 0 aromatic carbocycles. The molecule has 3 nitrogen and oxygen atoms in total. The highest BCUT2D eigenvalue weighted by atomic mass is 35.5. The molecule has 0 radical (unpaired) electrons. The molecule has 1 heterocycles. The summed E-state index contributed by atoms with van der Waals surface area (Å²) >= 11 is 5.65. The first-order valence-corrected chi connectivity index (χ1v) is 4.57. The molecule has 2 rings (SSSR count). The van der Waals surface area contributed by atoms with Crippen molar-refractivity contribution in [3.8, 4) is 0 Å². The zero-order chi connectivity index (χ0) is 9.47. The Morgan fingerprint density at radius 3 is 2.69 bits per heavy atom. The molecule has 0 atom stereocenters. The van der Waals surface area contributed by atoms with Gasteiger partial charge in [0, 0.05) is 11.7 Å². The summed E-state index contributed by atoms with van der Waals surface area (Å²) in [5, 5.41) is 9.64. The standard InChI is InChI=1S/C9H11ClN2O/c10-8-2-1-6(5-12-8)9(11)3-7(13)4-9/h1-2,5,7,13H,3-4,11H2. The minimum Gasteiger partial charge on any atom is -0.393 e. The Morgan fingerprint density at radius 1 is 1.54 bits per heavy atom. The van der Waals surface area contributed by atoms with Gasteiger partial charge in [0.25, 0.3) is 0 Å². The molecular weight excluding hydrogens is 188 g/mol. The van der Waals surface area contributed by atoms with E-state index in [1.54, 1.807) is 12.3 Å². The van der Waals surface area contributed by atoms with Crippen LogP contribution in [0.25, 0.3) is 0 Å². The summed E-state index contributed by atoms with van der Waals surface area (Å²) < 4.78 is 0. The minimum absolute atomic E-state index is 0.263. The van der Waals surface area contributed by atoms with Gasteiger partial charge in [0.15, 0.2) is 0 Å². The summed E-state index contributed by atoms with van der Waals surface area (Å²) in [6.45, 7) is 0. The Balaban J connectivity index is 2.22. The molecule has 1 aliphatic rings. The van der Waals surface area contributed by atoms with E-state index < -0.39 is 5.54 Å². The van der Waals surface area contributed by atoms with E-state index in [2.05, 4.69) is 4.98 Å². The quantitative estimate of drug-likeness (QED) is 0.663. The van der Waals surface area contributed by atoms with Gasteiger partial charge in [0.05, 0.1) is 6.10 Å². The average Bonchev–Trinajstić information content (AvgIpc) is 2.03. The van der Waals surface area contributed by atoms with E-state index in [1.165, 1.54) is 0 Å². The Labute approximate surface area is 81.5 Å². The first-order valence-electron chi connectivity index (χ1n) is 4.19. The summed E-state index contributed by atoms with van der Waals surface area (Å²) in [6.07, 6.45) is 2.63. The summed E-state index contributed by atoms with van der Waals surface area (Å²) in [7, 11) is 0. The van der Waals surface area contributed by atoms with Crippen LogP contribution < -0.4 is 5.73 Å². The summed E-state index contributed by atoms with van der Waals surface area (Å²) in [5.74, 6) is 0. The maximum atomic E-state index is 9.17. The molecule has 0 unspecified atom stereocenters. The minimum atomic E-state index is -0.392. The SMILES string of the molecule is NC1(c2ccc(Cl)nc2)CC(O)C1. The highest BCUT2D eigenvalue weighted by Gasteiger charge is 2.41. The fraction of sp³-hybridized carbons (Fsp3) is 0.444. The van der Waals surface area contributed by atoms with Gasteiger partial charge in [-0.15, -0.1) is 0 Å². The molecule has 70 valence electrons. The van der Waals surface area contributed by atoms with Crippen LogP contribution in [0.5, 0.6) is 0 Å². The van der Waals surface area contributed by atoms with Gasteiger partial charge in [0.2, 0.25) is 0 Å². The first kappa shape index (κ1) is 8.94. The van der Waals surface area contributed by atoms with Crippen LogP contribution in [-0.2, 0) is 5.54 Å². The van der Waals surface area contributed by atoms with Crippen molar-refractivity contribution in [3.05, 3.63) is 29.0 Å². The third-order valence-corrected chi connectivity index (χ3v) is 2.73. The molecule has 4 heteroatoms. The maximum Gasteiger partial charge on any atom is 0.129 e. The van der Waals surface area contributed by atoms with Crippen LogP contribution in [-0.4, -0.2) is 16.2 Å². The lowest BCUT2D eigenvalue weighted by atomic mass is 9.71. The number of aliphatic hydroxyl groups excluding tert-OH is 1. The van der Waals surface area contributed by atoms with Crippen molar-refractivity contribution in [2.45, 2.75) is 24.5 Å². The monoisotopic (exact) mass is 198 g/mol. The number of hydrogen-bond acceptors (Lipinski definition) is 3. The van der Waals surface area contributed by atoms with E-state index in [0.29, 0.717) is 18.0 Å². The van der Waals surface area contributed by atoms with Gasteiger partial charge < -0.3 is 10.8 Å². The molecule has 3 N–H and O–H groups in total. The Bertz CT molecular complexity index is 306. The van der Waals surface area contributed by atoms with Crippen molar-refractivity contribution in [1.82, 2.24) is 4.98 Å². The lowest BCUT2D eigenvalue weighted by molar-refractivity contribution is 0.0208. The Hall–Kier alpha value is -0.640. The molecule has 1 aromatic rings. The van der Waals surface area contributed by atoms with Crippen molar-refractivity contribution in [2.24, 2.45) is 5.73 Å². The summed E-state index contributed by atoms with van der Waals surface area (Å²) in [4.78, 5) is 3.96. The first-order chi connectivity index (χ1) is 6.10. The van der Waals surface area contributed by atoms with E-state index in [-0.39, 0.29) is 6.10 Å². The van der Waals surface area contributed by atoms with Crippen LogP contribution in [0.3, 0.4) is 0 Å². The maximum absolute atomic E-state index is 9.17. The molecule has 13 heavy (non-hydrogen) atoms. The van der Waals surface area contributed by atoms with E-state index in [9.17, 15) is 5.11 Å². The second-order valence-corrected chi connectivity index (χ2v) is 3.98. The molecule has 0 spiro atoms. The van der Waals surface area contributed by atoms with Crippen molar-refractivity contribution < 1.29 is 5.11 Å². The zero-order valence-electron chi connectivity index (χ0n) is 7.07. The number of nitrogens with two attached hydrogens (primary N) is 1. The smallest absolute Gasteiger partial charge is 0.129 e. The number of halogens is 1. The molecule has 0 amide bonds. The fourth-order valence-electron chi connectivity index (χ4n) is 1.69. The molecular formula is C9H11ClN2O. The van der Waals surface area contributed by atoms with Gasteiger partial charge in [-0.3, -0.25) is 0 Å². The van der Waals surface area contributed by atoms with Gasteiger partial charge in [0.1, 0.15) is 5.15 Å². The molecule has 0 aliphatic heterocycles. The van der Waals surface area contributed by atoms with Crippen LogP contribution in [0.2, 0.25) is 5.15 Å². The predicted octanol–water partition coefficient (Wildman–Crippen LogP) is 1.04. The number of aliphatic hydroxyl groups is 1. The molecule has 0 bridgehead atoms. The lowest BCUT2D eigenvalue weighted by Crippen LogP contribution is -2.51. The third kappa shape index (κ3) is 1.55. The van der Waals surface area contributed by atoms with E-state index in [1.807, 2.05) is 6.07 Å². The Kier molecular flexibility index (Phi) is 2.02. The average molecular weight is 199 g/mol.